The van der Waals surface area contributed by atoms with E-state index in [1.165, 1.54) is 11.6 Å². The Labute approximate surface area is 267 Å². The number of halogens is 4. The van der Waals surface area contributed by atoms with Crippen LogP contribution in [0.3, 0.4) is 0 Å². The molecule has 3 atom stereocenters. The number of imidazole rings is 1. The number of urea groups is 1. The van der Waals surface area contributed by atoms with Crippen LogP contribution in [-0.4, -0.2) is 83.1 Å². The number of amides is 3. The van der Waals surface area contributed by atoms with Crippen molar-refractivity contribution in [1.82, 2.24) is 30.1 Å². The van der Waals surface area contributed by atoms with E-state index in [0.717, 1.165) is 10.5 Å². The first-order chi connectivity index (χ1) is 22.0. The summed E-state index contributed by atoms with van der Waals surface area (Å²) >= 11 is 6.56. The van der Waals surface area contributed by atoms with E-state index in [1.54, 1.807) is 12.3 Å². The first kappa shape index (κ1) is 32.3. The van der Waals surface area contributed by atoms with Crippen LogP contribution >= 0.6 is 11.6 Å². The van der Waals surface area contributed by atoms with Crippen LogP contribution in [0.2, 0.25) is 5.15 Å². The summed E-state index contributed by atoms with van der Waals surface area (Å²) in [7, 11) is 1.37. The summed E-state index contributed by atoms with van der Waals surface area (Å²) in [5, 5.41) is 9.33. The van der Waals surface area contributed by atoms with Gasteiger partial charge in [0.25, 0.3) is 0 Å². The molecule has 0 bridgehead atoms. The number of alkyl carbamates (subject to hydrolysis) is 1. The number of nitrogens with zero attached hydrogens (tertiary/aromatic N) is 4. The Morgan fingerprint density at radius 2 is 1.93 bits per heavy atom. The molecule has 46 heavy (non-hydrogen) atoms. The highest BCUT2D eigenvalue weighted by molar-refractivity contribution is 6.30. The van der Waals surface area contributed by atoms with Crippen LogP contribution in [0.5, 0.6) is 0 Å². The summed E-state index contributed by atoms with van der Waals surface area (Å²) in [6.07, 6.45) is -0.948. The third-order valence-electron chi connectivity index (χ3n) is 8.73. The fourth-order valence-electron chi connectivity index (χ4n) is 6.36. The summed E-state index contributed by atoms with van der Waals surface area (Å²) < 4.78 is 64.3. The van der Waals surface area contributed by atoms with Gasteiger partial charge >= 0.3 is 18.3 Å². The molecule has 16 heteroatoms. The SMILES string of the molecule is COC[C@H](c1cc2nc(C(NC(=O)OCc3ccccc3)C3CCC4(CC3)OCCO4)cn2nc1Cl)N1C[C@@H](C(F)(F)F)NC1=O. The summed E-state index contributed by atoms with van der Waals surface area (Å²) in [5.41, 5.74) is 1.92. The maximum Gasteiger partial charge on any atom is 0.410 e. The van der Waals surface area contributed by atoms with Gasteiger partial charge in [-0.2, -0.15) is 18.3 Å². The van der Waals surface area contributed by atoms with E-state index in [-0.39, 0.29) is 29.8 Å². The van der Waals surface area contributed by atoms with Gasteiger partial charge in [0.05, 0.1) is 50.3 Å². The van der Waals surface area contributed by atoms with Crippen molar-refractivity contribution >= 4 is 29.4 Å². The molecule has 3 amide bonds. The van der Waals surface area contributed by atoms with E-state index in [2.05, 4.69) is 10.4 Å². The zero-order valence-corrected chi connectivity index (χ0v) is 25.7. The molecule has 248 valence electrons. The number of aromatic nitrogens is 3. The number of ether oxygens (including phenoxy) is 4. The number of rotatable bonds is 9. The molecule has 2 aliphatic heterocycles. The highest BCUT2D eigenvalue weighted by atomic mass is 35.5. The number of benzene rings is 1. The van der Waals surface area contributed by atoms with Crippen molar-refractivity contribution in [3.05, 3.63) is 64.6 Å². The number of carbonyl (C=O) groups is 2. The Bertz CT molecular complexity index is 1540. The van der Waals surface area contributed by atoms with Gasteiger partial charge in [-0.05, 0) is 30.4 Å². The summed E-state index contributed by atoms with van der Waals surface area (Å²) in [4.78, 5) is 31.5. The van der Waals surface area contributed by atoms with Crippen LogP contribution in [0.1, 0.15) is 54.6 Å². The van der Waals surface area contributed by atoms with E-state index in [0.29, 0.717) is 50.2 Å². The number of hydrogen-bond acceptors (Lipinski definition) is 8. The zero-order valence-electron chi connectivity index (χ0n) is 25.0. The molecule has 12 nitrogen and oxygen atoms in total. The van der Waals surface area contributed by atoms with Gasteiger partial charge in [-0.1, -0.05) is 41.9 Å². The number of methoxy groups -OCH3 is 1. The van der Waals surface area contributed by atoms with Gasteiger partial charge in [-0.15, -0.1) is 0 Å². The van der Waals surface area contributed by atoms with Crippen LogP contribution in [-0.2, 0) is 25.6 Å². The molecular weight excluding hydrogens is 633 g/mol. The Morgan fingerprint density at radius 3 is 2.59 bits per heavy atom. The molecular formula is C30H34ClF3N6O6. The quantitative estimate of drug-likeness (QED) is 0.329. The van der Waals surface area contributed by atoms with Crippen LogP contribution in [0.4, 0.5) is 22.8 Å². The molecule has 1 spiro atoms. The molecule has 0 radical (unpaired) electrons. The largest absolute Gasteiger partial charge is 0.445 e. The Hall–Kier alpha value is -3.66. The average Bonchev–Trinajstić information content (AvgIpc) is 3.77. The Balaban J connectivity index is 1.27. The number of nitrogens with one attached hydrogen (secondary N) is 2. The molecule has 1 unspecified atom stereocenters. The fraction of sp³-hybridized carbons (Fsp3) is 0.533. The Kier molecular flexibility index (Phi) is 9.28. The van der Waals surface area contributed by atoms with Gasteiger partial charge in [0.1, 0.15) is 12.6 Å². The van der Waals surface area contributed by atoms with Crippen molar-refractivity contribution in [2.24, 2.45) is 5.92 Å². The van der Waals surface area contributed by atoms with Crippen molar-refractivity contribution in [1.29, 1.82) is 0 Å². The highest BCUT2D eigenvalue weighted by Gasteiger charge is 2.49. The lowest BCUT2D eigenvalue weighted by molar-refractivity contribution is -0.183. The van der Waals surface area contributed by atoms with Crippen LogP contribution in [0.15, 0.2) is 42.6 Å². The van der Waals surface area contributed by atoms with E-state index in [1.807, 2.05) is 35.6 Å². The highest BCUT2D eigenvalue weighted by Crippen LogP contribution is 2.43. The number of alkyl halides is 3. The van der Waals surface area contributed by atoms with Crippen LogP contribution in [0, 0.1) is 5.92 Å². The Morgan fingerprint density at radius 1 is 1.22 bits per heavy atom. The first-order valence-corrected chi connectivity index (χ1v) is 15.4. The van der Waals surface area contributed by atoms with Crippen molar-refractivity contribution in [2.45, 2.75) is 62.4 Å². The smallest absolute Gasteiger partial charge is 0.410 e. The second-order valence-electron chi connectivity index (χ2n) is 11.7. The number of hydrogen-bond donors (Lipinski definition) is 2. The van der Waals surface area contributed by atoms with Gasteiger partial charge < -0.3 is 34.5 Å². The van der Waals surface area contributed by atoms with E-state index < -0.39 is 48.8 Å². The third-order valence-corrected chi connectivity index (χ3v) is 9.02. The molecule has 3 aromatic rings. The second kappa shape index (κ2) is 13.2. The maximum atomic E-state index is 13.4. The lowest BCUT2D eigenvalue weighted by atomic mass is 9.80. The third kappa shape index (κ3) is 6.87. The molecule has 2 aromatic heterocycles. The lowest BCUT2D eigenvalue weighted by Gasteiger charge is -2.38. The molecule has 4 heterocycles. The monoisotopic (exact) mass is 666 g/mol. The molecule has 3 fully saturated rings. The number of fused-ring (bicyclic) bond motifs is 1. The van der Waals surface area contributed by atoms with E-state index in [4.69, 9.17) is 35.5 Å². The summed E-state index contributed by atoms with van der Waals surface area (Å²) in [6, 6.07) is 6.40. The van der Waals surface area contributed by atoms with Crippen molar-refractivity contribution in [3.8, 4) is 0 Å². The molecule has 1 saturated carbocycles. The molecule has 6 rings (SSSR count). The topological polar surface area (TPSA) is 129 Å². The minimum atomic E-state index is -4.62. The second-order valence-corrected chi connectivity index (χ2v) is 12.0. The maximum absolute atomic E-state index is 13.4. The predicted molar refractivity (Wildman–Crippen MR) is 157 cm³/mol. The normalized spacial score (nSPS) is 21.5. The molecule has 3 aliphatic rings. The molecule has 2 N–H and O–H groups in total. The average molecular weight is 667 g/mol. The lowest BCUT2D eigenvalue weighted by Crippen LogP contribution is -2.41. The van der Waals surface area contributed by atoms with Gasteiger partial charge in [0, 0.05) is 25.5 Å². The first-order valence-electron chi connectivity index (χ1n) is 15.0. The van der Waals surface area contributed by atoms with Gasteiger partial charge in [-0.3, -0.25) is 0 Å². The summed E-state index contributed by atoms with van der Waals surface area (Å²) in [6.45, 7) is 0.416. The molecule has 1 aromatic carbocycles. The predicted octanol–water partition coefficient (Wildman–Crippen LogP) is 4.93. The molecule has 2 saturated heterocycles. The molecule has 1 aliphatic carbocycles. The van der Waals surface area contributed by atoms with Crippen LogP contribution in [0.25, 0.3) is 5.65 Å². The summed E-state index contributed by atoms with van der Waals surface area (Å²) in [5.74, 6) is -0.655. The van der Waals surface area contributed by atoms with Crippen molar-refractivity contribution < 1.29 is 41.7 Å². The van der Waals surface area contributed by atoms with Gasteiger partial charge in [0.15, 0.2) is 16.6 Å². The fourth-order valence-corrected chi connectivity index (χ4v) is 6.62. The van der Waals surface area contributed by atoms with Crippen molar-refractivity contribution in [2.75, 3.05) is 33.5 Å². The minimum absolute atomic E-state index is 0.0383. The zero-order chi connectivity index (χ0) is 32.5. The van der Waals surface area contributed by atoms with E-state index >= 15 is 0 Å². The van der Waals surface area contributed by atoms with Crippen LogP contribution < -0.4 is 10.6 Å². The van der Waals surface area contributed by atoms with E-state index in [9.17, 15) is 22.8 Å². The number of carbonyl (C=O) groups excluding carboxylic acids is 2. The standard InChI is InChI=1S/C30H34ClF3N6O6/c1-43-17-22(39-15-23(30(32,33)34)36-27(39)41)20-13-24-35-21(14-40(24)38-26(20)31)25(19-7-9-29(10-8-19)45-11-12-46-29)37-28(42)44-16-18-5-3-2-4-6-18/h2-6,13-14,19,22-23,25H,7-12,15-17H2,1H3,(H,36,41)(H,37,42)/t22-,23+,25?/m1/s1. The minimum Gasteiger partial charge on any atom is -0.445 e. The van der Waals surface area contributed by atoms with Gasteiger partial charge in [0.2, 0.25) is 0 Å². The van der Waals surface area contributed by atoms with Crippen molar-refractivity contribution in [3.63, 3.8) is 0 Å². The van der Waals surface area contributed by atoms with Gasteiger partial charge in [-0.25, -0.2) is 19.1 Å².